The summed E-state index contributed by atoms with van der Waals surface area (Å²) in [7, 11) is 1.58. The van der Waals surface area contributed by atoms with Crippen LogP contribution < -0.4 is 5.32 Å². The Morgan fingerprint density at radius 1 is 1.00 bits per heavy atom. The Kier molecular flexibility index (Phi) is 7.90. The van der Waals surface area contributed by atoms with Crippen molar-refractivity contribution in [3.63, 3.8) is 0 Å². The Balaban J connectivity index is 2.32. The molecule has 0 saturated carbocycles. The first kappa shape index (κ1) is 22.3. The monoisotopic (exact) mass is 420 g/mol. The van der Waals surface area contributed by atoms with E-state index in [9.17, 15) is 9.59 Å². The van der Waals surface area contributed by atoms with Crippen molar-refractivity contribution in [3.05, 3.63) is 68.7 Å². The smallest absolute Gasteiger partial charge is 0.242 e. The molecule has 0 aliphatic heterocycles. The predicted octanol–water partition coefficient (Wildman–Crippen LogP) is 4.71. The molecular weight excluding hydrogens is 395 g/mol. The highest BCUT2D eigenvalue weighted by atomic mass is 35.5. The summed E-state index contributed by atoms with van der Waals surface area (Å²) in [4.78, 5) is 27.2. The summed E-state index contributed by atoms with van der Waals surface area (Å²) in [5.41, 5.74) is 4.07. The Bertz CT molecular complexity index is 868. The van der Waals surface area contributed by atoms with Gasteiger partial charge in [0, 0.05) is 13.6 Å². The van der Waals surface area contributed by atoms with E-state index in [4.69, 9.17) is 23.2 Å². The number of amides is 2. The molecule has 0 aromatic heterocycles. The second-order valence-corrected chi connectivity index (χ2v) is 7.72. The molecule has 2 amide bonds. The van der Waals surface area contributed by atoms with Crippen LogP contribution in [-0.4, -0.2) is 29.8 Å². The molecule has 0 bridgehead atoms. The number of aryl methyl sites for hydroxylation is 2. The van der Waals surface area contributed by atoms with Gasteiger partial charge < -0.3 is 10.2 Å². The minimum Gasteiger partial charge on any atom is -0.357 e. The first-order chi connectivity index (χ1) is 13.3. The molecule has 0 aliphatic rings. The van der Waals surface area contributed by atoms with E-state index < -0.39 is 6.04 Å². The van der Waals surface area contributed by atoms with Crippen LogP contribution >= 0.6 is 23.2 Å². The Labute approximate surface area is 176 Å². The van der Waals surface area contributed by atoms with Crippen molar-refractivity contribution in [1.29, 1.82) is 0 Å². The highest BCUT2D eigenvalue weighted by Crippen LogP contribution is 2.24. The number of nitrogens with one attached hydrogen (secondary N) is 1. The highest BCUT2D eigenvalue weighted by molar-refractivity contribution is 6.42. The highest BCUT2D eigenvalue weighted by Gasteiger charge is 2.28. The topological polar surface area (TPSA) is 49.4 Å². The largest absolute Gasteiger partial charge is 0.357 e. The van der Waals surface area contributed by atoms with Crippen LogP contribution in [0.25, 0.3) is 0 Å². The maximum Gasteiger partial charge on any atom is 0.242 e. The van der Waals surface area contributed by atoms with Crippen LogP contribution in [0.1, 0.15) is 35.6 Å². The van der Waals surface area contributed by atoms with Crippen LogP contribution in [0.5, 0.6) is 0 Å². The molecule has 0 radical (unpaired) electrons. The summed E-state index contributed by atoms with van der Waals surface area (Å²) < 4.78 is 0. The minimum absolute atomic E-state index is 0.107. The molecule has 0 saturated heterocycles. The van der Waals surface area contributed by atoms with Crippen LogP contribution in [0.2, 0.25) is 10.0 Å². The molecule has 2 rings (SSSR count). The summed E-state index contributed by atoms with van der Waals surface area (Å²) in [5.74, 6) is -0.291. The molecule has 1 unspecified atom stereocenters. The van der Waals surface area contributed by atoms with Gasteiger partial charge in [-0.05, 0) is 54.7 Å². The van der Waals surface area contributed by atoms with Crippen molar-refractivity contribution >= 4 is 35.0 Å². The SMILES string of the molecule is CCC(C(=O)NC)N(Cc1ccc(Cl)c(Cl)c1)C(=O)Cc1ccc(C)c(C)c1. The maximum absolute atomic E-state index is 13.2. The van der Waals surface area contributed by atoms with Gasteiger partial charge >= 0.3 is 0 Å². The van der Waals surface area contributed by atoms with Gasteiger partial charge in [-0.2, -0.15) is 0 Å². The Hall–Kier alpha value is -2.04. The van der Waals surface area contributed by atoms with Crippen LogP contribution in [0.4, 0.5) is 0 Å². The average molecular weight is 421 g/mol. The van der Waals surface area contributed by atoms with Crippen LogP contribution in [0, 0.1) is 13.8 Å². The molecule has 6 heteroatoms. The fourth-order valence-electron chi connectivity index (χ4n) is 3.11. The summed E-state index contributed by atoms with van der Waals surface area (Å²) >= 11 is 12.1. The zero-order chi connectivity index (χ0) is 20.8. The Morgan fingerprint density at radius 2 is 1.68 bits per heavy atom. The van der Waals surface area contributed by atoms with Crippen molar-refractivity contribution < 1.29 is 9.59 Å². The van der Waals surface area contributed by atoms with Crippen molar-refractivity contribution in [2.45, 2.75) is 46.2 Å². The molecule has 0 heterocycles. The number of hydrogen-bond donors (Lipinski definition) is 1. The number of halogens is 2. The maximum atomic E-state index is 13.2. The van der Waals surface area contributed by atoms with E-state index in [1.165, 1.54) is 5.56 Å². The zero-order valence-corrected chi connectivity index (χ0v) is 18.2. The third-order valence-corrected chi connectivity index (χ3v) is 5.63. The fourth-order valence-corrected chi connectivity index (χ4v) is 3.43. The van der Waals surface area contributed by atoms with Gasteiger partial charge in [-0.3, -0.25) is 9.59 Å². The third kappa shape index (κ3) is 5.49. The lowest BCUT2D eigenvalue weighted by Crippen LogP contribution is -2.48. The molecule has 0 fully saturated rings. The molecule has 1 N–H and O–H groups in total. The third-order valence-electron chi connectivity index (χ3n) is 4.90. The Morgan fingerprint density at radius 3 is 2.25 bits per heavy atom. The molecule has 1 atom stereocenters. The average Bonchev–Trinajstić information content (AvgIpc) is 2.67. The quantitative estimate of drug-likeness (QED) is 0.704. The van der Waals surface area contributed by atoms with E-state index in [1.807, 2.05) is 45.0 Å². The predicted molar refractivity (Wildman–Crippen MR) is 115 cm³/mol. The van der Waals surface area contributed by atoms with Gasteiger partial charge in [0.15, 0.2) is 0 Å². The molecular formula is C22H26Cl2N2O2. The summed E-state index contributed by atoms with van der Waals surface area (Å²) in [6.45, 7) is 6.24. The molecule has 2 aromatic rings. The molecule has 4 nitrogen and oxygen atoms in total. The van der Waals surface area contributed by atoms with Crippen LogP contribution in [-0.2, 0) is 22.6 Å². The van der Waals surface area contributed by atoms with Crippen molar-refractivity contribution in [3.8, 4) is 0 Å². The fraction of sp³-hybridized carbons (Fsp3) is 0.364. The molecule has 2 aromatic carbocycles. The van der Waals surface area contributed by atoms with Crippen molar-refractivity contribution in [2.75, 3.05) is 7.05 Å². The van der Waals surface area contributed by atoms with E-state index in [2.05, 4.69) is 5.32 Å². The molecule has 0 spiro atoms. The van der Waals surface area contributed by atoms with Gasteiger partial charge in [0.05, 0.1) is 16.5 Å². The lowest BCUT2D eigenvalue weighted by Gasteiger charge is -2.30. The van der Waals surface area contributed by atoms with Gasteiger partial charge in [-0.15, -0.1) is 0 Å². The number of benzene rings is 2. The van der Waals surface area contributed by atoms with E-state index in [1.54, 1.807) is 24.1 Å². The van der Waals surface area contributed by atoms with Gasteiger partial charge in [-0.1, -0.05) is 54.4 Å². The zero-order valence-electron chi connectivity index (χ0n) is 16.7. The van der Waals surface area contributed by atoms with E-state index in [0.717, 1.165) is 16.7 Å². The summed E-state index contributed by atoms with van der Waals surface area (Å²) in [6.07, 6.45) is 0.746. The minimum atomic E-state index is -0.557. The van der Waals surface area contributed by atoms with Crippen LogP contribution in [0.15, 0.2) is 36.4 Å². The van der Waals surface area contributed by atoms with E-state index >= 15 is 0 Å². The first-order valence-corrected chi connectivity index (χ1v) is 10.0. The van der Waals surface area contributed by atoms with Gasteiger partial charge in [0.25, 0.3) is 0 Å². The van der Waals surface area contributed by atoms with E-state index in [-0.39, 0.29) is 24.8 Å². The molecule has 28 heavy (non-hydrogen) atoms. The van der Waals surface area contributed by atoms with Crippen molar-refractivity contribution in [2.24, 2.45) is 0 Å². The van der Waals surface area contributed by atoms with Crippen LogP contribution in [0.3, 0.4) is 0 Å². The first-order valence-electron chi connectivity index (χ1n) is 9.28. The lowest BCUT2D eigenvalue weighted by molar-refractivity contribution is -0.140. The lowest BCUT2D eigenvalue weighted by atomic mass is 10.0. The van der Waals surface area contributed by atoms with Gasteiger partial charge in [0.2, 0.25) is 11.8 Å². The number of rotatable bonds is 7. The molecule has 150 valence electrons. The second kappa shape index (κ2) is 9.94. The number of likely N-dealkylation sites (N-methyl/N-ethyl adjacent to an activating group) is 1. The standard InChI is InChI=1S/C22H26Cl2N2O2/c1-5-20(22(28)25-4)26(13-17-8-9-18(23)19(24)11-17)21(27)12-16-7-6-14(2)15(3)10-16/h6-11,20H,5,12-13H2,1-4H3,(H,25,28). The summed E-state index contributed by atoms with van der Waals surface area (Å²) in [6, 6.07) is 10.7. The van der Waals surface area contributed by atoms with Crippen molar-refractivity contribution in [1.82, 2.24) is 10.2 Å². The number of nitrogens with zero attached hydrogens (tertiary/aromatic N) is 1. The normalized spacial score (nSPS) is 11.8. The molecule has 0 aliphatic carbocycles. The number of carbonyl (C=O) groups excluding carboxylic acids is 2. The second-order valence-electron chi connectivity index (χ2n) is 6.90. The van der Waals surface area contributed by atoms with E-state index in [0.29, 0.717) is 16.5 Å². The van der Waals surface area contributed by atoms with Gasteiger partial charge in [0.1, 0.15) is 6.04 Å². The number of carbonyl (C=O) groups is 2. The number of hydrogen-bond acceptors (Lipinski definition) is 2. The van der Waals surface area contributed by atoms with Gasteiger partial charge in [-0.25, -0.2) is 0 Å². The summed E-state index contributed by atoms with van der Waals surface area (Å²) in [5, 5.41) is 3.54.